The molecular weight excluding hydrogens is 569 g/mol. The van der Waals surface area contributed by atoms with Gasteiger partial charge in [-0.3, -0.25) is 19.2 Å². The molecule has 0 radical (unpaired) electrons. The lowest BCUT2D eigenvalue weighted by Gasteiger charge is -2.18. The predicted molar refractivity (Wildman–Crippen MR) is 150 cm³/mol. The van der Waals surface area contributed by atoms with E-state index in [4.69, 9.17) is 16.7 Å². The molecule has 1 atom stereocenters. The Morgan fingerprint density at radius 1 is 1.05 bits per heavy atom. The van der Waals surface area contributed by atoms with Crippen LogP contribution in [-0.2, 0) is 20.8 Å². The average Bonchev–Trinajstić information content (AvgIpc) is 3.50. The molecule has 0 aliphatic rings. The predicted octanol–water partition coefficient (Wildman–Crippen LogP) is 2.65. The molecule has 1 aromatic heterocycles. The van der Waals surface area contributed by atoms with Gasteiger partial charge in [0.25, 0.3) is 5.91 Å². The van der Waals surface area contributed by atoms with E-state index in [-0.39, 0.29) is 12.1 Å². The van der Waals surface area contributed by atoms with E-state index in [0.29, 0.717) is 16.3 Å². The molecule has 42 heavy (non-hydrogen) atoms. The number of hydrogen-bond acceptors (Lipinski definition) is 7. The summed E-state index contributed by atoms with van der Waals surface area (Å²) in [5.41, 5.74) is 1.50. The molecule has 14 heteroatoms. The minimum Gasteiger partial charge on any atom is -0.480 e. The van der Waals surface area contributed by atoms with Crippen molar-refractivity contribution in [2.75, 3.05) is 11.9 Å². The van der Waals surface area contributed by atoms with E-state index in [1.54, 1.807) is 42.5 Å². The number of nitrogens with one attached hydrogen (secondary N) is 3. The molecule has 4 aromatic rings. The smallest absolute Gasteiger partial charge is 0.322 e. The first-order chi connectivity index (χ1) is 20.2. The van der Waals surface area contributed by atoms with Crippen LogP contribution in [0.15, 0.2) is 79.1 Å². The van der Waals surface area contributed by atoms with Gasteiger partial charge in [-0.1, -0.05) is 41.9 Å². The van der Waals surface area contributed by atoms with E-state index < -0.39 is 47.7 Å². The summed E-state index contributed by atoms with van der Waals surface area (Å²) in [6.45, 7) is -0.678. The van der Waals surface area contributed by atoms with E-state index in [9.17, 15) is 23.6 Å². The van der Waals surface area contributed by atoms with Gasteiger partial charge in [-0.15, -0.1) is 5.10 Å². The number of anilines is 1. The van der Waals surface area contributed by atoms with Crippen molar-refractivity contribution >= 4 is 47.1 Å². The first-order valence-electron chi connectivity index (χ1n) is 12.4. The molecule has 3 aromatic carbocycles. The van der Waals surface area contributed by atoms with E-state index in [2.05, 4.69) is 31.5 Å². The van der Waals surface area contributed by atoms with Crippen LogP contribution < -0.4 is 16.0 Å². The van der Waals surface area contributed by atoms with E-state index in [1.807, 2.05) is 6.07 Å². The summed E-state index contributed by atoms with van der Waals surface area (Å²) in [6.07, 6.45) is 4.24. The first kappa shape index (κ1) is 29.6. The summed E-state index contributed by atoms with van der Waals surface area (Å²) >= 11 is 6.13. The van der Waals surface area contributed by atoms with Gasteiger partial charge in [0.2, 0.25) is 11.8 Å². The summed E-state index contributed by atoms with van der Waals surface area (Å²) in [5, 5.41) is 27.5. The van der Waals surface area contributed by atoms with Gasteiger partial charge in [0.05, 0.1) is 11.3 Å². The molecule has 0 unspecified atom stereocenters. The quantitative estimate of drug-likeness (QED) is 0.193. The van der Waals surface area contributed by atoms with Gasteiger partial charge in [-0.05, 0) is 58.5 Å². The first-order valence-corrected chi connectivity index (χ1v) is 12.7. The van der Waals surface area contributed by atoms with Crippen LogP contribution in [0.3, 0.4) is 0 Å². The fourth-order valence-corrected chi connectivity index (χ4v) is 4.02. The summed E-state index contributed by atoms with van der Waals surface area (Å²) in [4.78, 5) is 48.9. The molecule has 4 rings (SSSR count). The molecule has 4 N–H and O–H groups in total. The highest BCUT2D eigenvalue weighted by Crippen LogP contribution is 2.20. The van der Waals surface area contributed by atoms with Crippen LogP contribution in [0, 0.1) is 5.82 Å². The Bertz CT molecular complexity index is 1630. The number of amides is 3. The van der Waals surface area contributed by atoms with Crippen molar-refractivity contribution in [2.45, 2.75) is 12.5 Å². The molecule has 0 spiro atoms. The van der Waals surface area contributed by atoms with Gasteiger partial charge in [0.15, 0.2) is 0 Å². The number of carbonyl (C=O) groups excluding carboxylic acids is 3. The van der Waals surface area contributed by atoms with Gasteiger partial charge in [-0.2, -0.15) is 4.68 Å². The third-order valence-corrected chi connectivity index (χ3v) is 6.03. The zero-order chi connectivity index (χ0) is 30.1. The number of nitrogens with zero attached hydrogens (tertiary/aromatic N) is 4. The van der Waals surface area contributed by atoms with Crippen LogP contribution in [0.25, 0.3) is 11.8 Å². The second-order valence-electron chi connectivity index (χ2n) is 8.80. The molecule has 0 saturated heterocycles. The zero-order valence-electron chi connectivity index (χ0n) is 21.7. The standard InChI is InChI=1S/C28H23ClFN7O5/c29-19-7-10-24(37-16-32-35-36-37)18(13-19)6-11-25(38)34-23(12-17-4-2-1-3-5-17)28(42)33-20-8-9-21(22(30)14-20)27(41)31-15-26(39)40/h1-11,13-14,16,23H,12,15H2,(H,31,41)(H,33,42)(H,34,38)(H,39,40)/t23-/m0/s1. The van der Waals surface area contributed by atoms with Crippen molar-refractivity contribution in [1.82, 2.24) is 30.8 Å². The molecule has 12 nitrogen and oxygen atoms in total. The third kappa shape index (κ3) is 8.05. The summed E-state index contributed by atoms with van der Waals surface area (Å²) in [5.74, 6) is -4.40. The van der Waals surface area contributed by atoms with Crippen LogP contribution in [0.5, 0.6) is 0 Å². The number of tetrazole rings is 1. The van der Waals surface area contributed by atoms with Gasteiger partial charge in [0, 0.05) is 28.8 Å². The van der Waals surface area contributed by atoms with Crippen LogP contribution >= 0.6 is 11.6 Å². The molecule has 1 heterocycles. The third-order valence-electron chi connectivity index (χ3n) is 5.80. The number of halogens is 2. The maximum absolute atomic E-state index is 14.6. The highest BCUT2D eigenvalue weighted by molar-refractivity contribution is 6.30. The Hall–Kier alpha value is -5.43. The molecule has 0 bridgehead atoms. The van der Waals surface area contributed by atoms with Crippen LogP contribution in [0.2, 0.25) is 5.02 Å². The summed E-state index contributed by atoms with van der Waals surface area (Å²) < 4.78 is 16.0. The van der Waals surface area contributed by atoms with Gasteiger partial charge in [-0.25, -0.2) is 4.39 Å². The molecule has 3 amide bonds. The molecule has 214 valence electrons. The number of hydrogen-bond donors (Lipinski definition) is 4. The fourth-order valence-electron chi connectivity index (χ4n) is 3.84. The van der Waals surface area contributed by atoms with E-state index >= 15 is 0 Å². The van der Waals surface area contributed by atoms with Crippen molar-refractivity contribution < 1.29 is 28.7 Å². The summed E-state index contributed by atoms with van der Waals surface area (Å²) in [6, 6.07) is 16.2. The minimum atomic E-state index is -1.28. The van der Waals surface area contributed by atoms with Crippen molar-refractivity contribution in [2.24, 2.45) is 0 Å². The number of carboxylic acid groups (broad SMARTS) is 1. The average molecular weight is 592 g/mol. The van der Waals surface area contributed by atoms with Crippen LogP contribution in [-0.4, -0.2) is 61.6 Å². The number of carboxylic acids is 1. The number of aliphatic carboxylic acids is 1. The van der Waals surface area contributed by atoms with Gasteiger partial charge >= 0.3 is 5.97 Å². The Labute approximate surface area is 243 Å². The van der Waals surface area contributed by atoms with Crippen LogP contribution in [0.4, 0.5) is 10.1 Å². The number of carbonyl (C=O) groups is 4. The highest BCUT2D eigenvalue weighted by atomic mass is 35.5. The van der Waals surface area contributed by atoms with Crippen molar-refractivity contribution in [3.05, 3.63) is 107 Å². The number of aromatic nitrogens is 4. The monoisotopic (exact) mass is 591 g/mol. The zero-order valence-corrected chi connectivity index (χ0v) is 22.5. The SMILES string of the molecule is O=C(O)CNC(=O)c1ccc(NC(=O)[C@H](Cc2ccccc2)NC(=O)C=Cc2cc(Cl)ccc2-n2cnnn2)cc1F. The van der Waals surface area contributed by atoms with Crippen LogP contribution in [0.1, 0.15) is 21.5 Å². The summed E-state index contributed by atoms with van der Waals surface area (Å²) in [7, 11) is 0. The molecule has 0 aliphatic carbocycles. The normalized spacial score (nSPS) is 11.6. The Balaban J connectivity index is 1.50. The van der Waals surface area contributed by atoms with Crippen molar-refractivity contribution in [3.8, 4) is 5.69 Å². The number of benzene rings is 3. The van der Waals surface area contributed by atoms with Crippen molar-refractivity contribution in [1.29, 1.82) is 0 Å². The maximum atomic E-state index is 14.6. The molecule has 0 aliphatic heterocycles. The molecule has 0 fully saturated rings. The number of rotatable bonds is 11. The lowest BCUT2D eigenvalue weighted by atomic mass is 10.0. The lowest BCUT2D eigenvalue weighted by molar-refractivity contribution is -0.135. The minimum absolute atomic E-state index is 0.0279. The Morgan fingerprint density at radius 2 is 1.83 bits per heavy atom. The highest BCUT2D eigenvalue weighted by Gasteiger charge is 2.22. The van der Waals surface area contributed by atoms with Gasteiger partial charge < -0.3 is 21.1 Å². The molecule has 0 saturated carbocycles. The topological polar surface area (TPSA) is 168 Å². The van der Waals surface area contributed by atoms with Gasteiger partial charge in [0.1, 0.15) is 24.7 Å². The maximum Gasteiger partial charge on any atom is 0.322 e. The van der Waals surface area contributed by atoms with E-state index in [1.165, 1.54) is 29.2 Å². The van der Waals surface area contributed by atoms with E-state index in [0.717, 1.165) is 17.7 Å². The second-order valence-corrected chi connectivity index (χ2v) is 9.24. The Morgan fingerprint density at radius 3 is 2.52 bits per heavy atom. The lowest BCUT2D eigenvalue weighted by Crippen LogP contribution is -2.44. The largest absolute Gasteiger partial charge is 0.480 e. The fraction of sp³-hybridized carbons (Fsp3) is 0.107. The Kier molecular flexibility index (Phi) is 9.69. The van der Waals surface area contributed by atoms with Crippen molar-refractivity contribution in [3.63, 3.8) is 0 Å². The molecular formula is C28H23ClFN7O5. The second kappa shape index (κ2) is 13.8.